The van der Waals surface area contributed by atoms with E-state index in [-0.39, 0.29) is 11.4 Å². The average Bonchev–Trinajstić information content (AvgIpc) is 3.29. The van der Waals surface area contributed by atoms with Gasteiger partial charge >= 0.3 is 0 Å². The normalized spacial score (nSPS) is 24.0. The van der Waals surface area contributed by atoms with Crippen molar-refractivity contribution in [1.29, 1.82) is 0 Å². The van der Waals surface area contributed by atoms with Crippen LogP contribution in [0, 0.1) is 11.8 Å². The second-order valence-electron chi connectivity index (χ2n) is 7.53. The van der Waals surface area contributed by atoms with E-state index in [9.17, 15) is 4.79 Å². The molecule has 0 bridgehead atoms. The third-order valence-corrected chi connectivity index (χ3v) is 5.09. The second-order valence-corrected chi connectivity index (χ2v) is 7.53. The Labute approximate surface area is 130 Å². The summed E-state index contributed by atoms with van der Waals surface area (Å²) in [5, 5.41) is 6.36. The van der Waals surface area contributed by atoms with Crippen molar-refractivity contribution in [2.45, 2.75) is 58.4 Å². The van der Waals surface area contributed by atoms with Gasteiger partial charge in [0.15, 0.2) is 0 Å². The van der Waals surface area contributed by atoms with E-state index in [0.717, 1.165) is 24.9 Å². The van der Waals surface area contributed by atoms with E-state index >= 15 is 0 Å². The fraction of sp³-hybridized carbons (Fsp3) is 0.941. The van der Waals surface area contributed by atoms with Crippen molar-refractivity contribution in [1.82, 2.24) is 15.5 Å². The number of nitrogens with one attached hydrogen (secondary N) is 2. The number of hydrogen-bond donors (Lipinski definition) is 2. The van der Waals surface area contributed by atoms with Gasteiger partial charge in [-0.05, 0) is 64.5 Å². The molecule has 1 atom stereocenters. The molecule has 4 heteroatoms. The van der Waals surface area contributed by atoms with Crippen LogP contribution in [0.25, 0.3) is 0 Å². The summed E-state index contributed by atoms with van der Waals surface area (Å²) in [5.74, 6) is 1.79. The number of piperidine rings is 1. The van der Waals surface area contributed by atoms with Crippen LogP contribution in [0.5, 0.6) is 0 Å². The number of hydrogen-bond acceptors (Lipinski definition) is 3. The van der Waals surface area contributed by atoms with Crippen LogP contribution in [0.15, 0.2) is 0 Å². The van der Waals surface area contributed by atoms with Crippen molar-refractivity contribution in [2.75, 3.05) is 32.7 Å². The molecule has 0 radical (unpaired) electrons. The standard InChI is InChI=1S/C17H33N3O/c1-4-14-6-5-9-20(12-14)17(2,3)13-19-16(21)11-18-10-15-7-8-15/h14-15,18H,4-13H2,1-3H3,(H,19,21). The Morgan fingerprint density at radius 2 is 2.00 bits per heavy atom. The maximum Gasteiger partial charge on any atom is 0.234 e. The Bertz CT molecular complexity index is 339. The molecule has 1 unspecified atom stereocenters. The van der Waals surface area contributed by atoms with Gasteiger partial charge in [-0.2, -0.15) is 0 Å². The highest BCUT2D eigenvalue weighted by Gasteiger charge is 2.31. The number of likely N-dealkylation sites (tertiary alicyclic amines) is 1. The smallest absolute Gasteiger partial charge is 0.234 e. The van der Waals surface area contributed by atoms with Crippen LogP contribution in [0.3, 0.4) is 0 Å². The van der Waals surface area contributed by atoms with Crippen LogP contribution in [0.4, 0.5) is 0 Å². The van der Waals surface area contributed by atoms with Gasteiger partial charge in [-0.15, -0.1) is 0 Å². The average molecular weight is 295 g/mol. The molecule has 0 aromatic carbocycles. The van der Waals surface area contributed by atoms with Gasteiger partial charge in [-0.3, -0.25) is 9.69 Å². The number of rotatable bonds is 8. The van der Waals surface area contributed by atoms with Crippen molar-refractivity contribution in [3.8, 4) is 0 Å². The van der Waals surface area contributed by atoms with Gasteiger partial charge < -0.3 is 10.6 Å². The first kappa shape index (κ1) is 16.8. The molecule has 1 saturated carbocycles. The van der Waals surface area contributed by atoms with E-state index in [4.69, 9.17) is 0 Å². The predicted molar refractivity (Wildman–Crippen MR) is 87.3 cm³/mol. The summed E-state index contributed by atoms with van der Waals surface area (Å²) < 4.78 is 0. The highest BCUT2D eigenvalue weighted by molar-refractivity contribution is 5.78. The minimum atomic E-state index is 0.0555. The summed E-state index contributed by atoms with van der Waals surface area (Å²) in [7, 11) is 0. The zero-order chi connectivity index (χ0) is 15.3. The van der Waals surface area contributed by atoms with Crippen LogP contribution in [0.1, 0.15) is 52.9 Å². The van der Waals surface area contributed by atoms with E-state index in [1.165, 1.54) is 45.2 Å². The first-order chi connectivity index (χ1) is 10.0. The molecule has 0 spiro atoms. The van der Waals surface area contributed by atoms with Gasteiger partial charge in [0.2, 0.25) is 5.91 Å². The van der Waals surface area contributed by atoms with Gasteiger partial charge in [0.1, 0.15) is 0 Å². The molecule has 1 aliphatic carbocycles. The van der Waals surface area contributed by atoms with Crippen LogP contribution in [-0.4, -0.2) is 49.1 Å². The molecule has 1 heterocycles. The number of nitrogens with zero attached hydrogens (tertiary/aromatic N) is 1. The second kappa shape index (κ2) is 7.59. The highest BCUT2D eigenvalue weighted by Crippen LogP contribution is 2.27. The SMILES string of the molecule is CCC1CCCN(C(C)(C)CNC(=O)CNCC2CC2)C1. The molecule has 21 heavy (non-hydrogen) atoms. The number of carbonyl (C=O) groups excluding carboxylic acids is 1. The molecule has 2 aliphatic rings. The summed E-state index contributed by atoms with van der Waals surface area (Å²) in [6.07, 6.45) is 6.58. The molecule has 1 aliphatic heterocycles. The van der Waals surface area contributed by atoms with E-state index in [0.29, 0.717) is 6.54 Å². The number of carbonyl (C=O) groups is 1. The fourth-order valence-corrected chi connectivity index (χ4v) is 3.15. The van der Waals surface area contributed by atoms with Gasteiger partial charge in [0.05, 0.1) is 6.54 Å². The molecule has 2 fully saturated rings. The molecule has 1 amide bonds. The van der Waals surface area contributed by atoms with E-state index in [2.05, 4.69) is 36.3 Å². The first-order valence-electron chi connectivity index (χ1n) is 8.73. The van der Waals surface area contributed by atoms with Crippen molar-refractivity contribution < 1.29 is 4.79 Å². The zero-order valence-corrected chi connectivity index (χ0v) is 14.1. The van der Waals surface area contributed by atoms with Crippen molar-refractivity contribution in [2.24, 2.45) is 11.8 Å². The Morgan fingerprint density at radius 3 is 2.67 bits per heavy atom. The Hall–Kier alpha value is -0.610. The Balaban J connectivity index is 1.67. The van der Waals surface area contributed by atoms with Gasteiger partial charge in [-0.25, -0.2) is 0 Å². The van der Waals surface area contributed by atoms with Crippen molar-refractivity contribution >= 4 is 5.91 Å². The van der Waals surface area contributed by atoms with Crippen LogP contribution in [0.2, 0.25) is 0 Å². The topological polar surface area (TPSA) is 44.4 Å². The summed E-state index contributed by atoms with van der Waals surface area (Å²) in [5.41, 5.74) is 0.0555. The van der Waals surface area contributed by atoms with Crippen LogP contribution < -0.4 is 10.6 Å². The Kier molecular flexibility index (Phi) is 6.06. The van der Waals surface area contributed by atoms with Crippen LogP contribution in [-0.2, 0) is 4.79 Å². The molecule has 1 saturated heterocycles. The van der Waals surface area contributed by atoms with Gasteiger partial charge in [0, 0.05) is 18.6 Å². The molecular weight excluding hydrogens is 262 g/mol. The fourth-order valence-electron chi connectivity index (χ4n) is 3.15. The van der Waals surface area contributed by atoms with Crippen molar-refractivity contribution in [3.05, 3.63) is 0 Å². The summed E-state index contributed by atoms with van der Waals surface area (Å²) >= 11 is 0. The zero-order valence-electron chi connectivity index (χ0n) is 14.1. The third-order valence-electron chi connectivity index (χ3n) is 5.09. The van der Waals surface area contributed by atoms with E-state index in [1.54, 1.807) is 0 Å². The molecule has 0 aromatic heterocycles. The quantitative estimate of drug-likeness (QED) is 0.720. The number of amides is 1. The van der Waals surface area contributed by atoms with E-state index < -0.39 is 0 Å². The summed E-state index contributed by atoms with van der Waals surface area (Å²) in [4.78, 5) is 14.5. The maximum absolute atomic E-state index is 11.9. The predicted octanol–water partition coefficient (Wildman–Crippen LogP) is 2.00. The molecule has 0 aromatic rings. The lowest BCUT2D eigenvalue weighted by molar-refractivity contribution is -0.120. The maximum atomic E-state index is 11.9. The molecule has 122 valence electrons. The minimum absolute atomic E-state index is 0.0555. The van der Waals surface area contributed by atoms with Gasteiger partial charge in [-0.1, -0.05) is 13.3 Å². The lowest BCUT2D eigenvalue weighted by Crippen LogP contribution is -2.55. The monoisotopic (exact) mass is 295 g/mol. The largest absolute Gasteiger partial charge is 0.353 e. The summed E-state index contributed by atoms with van der Waals surface area (Å²) in [6.45, 7) is 11.3. The molecule has 2 N–H and O–H groups in total. The minimum Gasteiger partial charge on any atom is -0.353 e. The van der Waals surface area contributed by atoms with Gasteiger partial charge in [0.25, 0.3) is 0 Å². The summed E-state index contributed by atoms with van der Waals surface area (Å²) in [6, 6.07) is 0. The van der Waals surface area contributed by atoms with Crippen LogP contribution >= 0.6 is 0 Å². The molecular formula is C17H33N3O. The molecule has 2 rings (SSSR count). The highest BCUT2D eigenvalue weighted by atomic mass is 16.1. The Morgan fingerprint density at radius 1 is 1.24 bits per heavy atom. The van der Waals surface area contributed by atoms with E-state index in [1.807, 2.05) is 0 Å². The van der Waals surface area contributed by atoms with Crippen molar-refractivity contribution in [3.63, 3.8) is 0 Å². The first-order valence-corrected chi connectivity index (χ1v) is 8.73. The lowest BCUT2D eigenvalue weighted by atomic mass is 9.91. The lowest BCUT2D eigenvalue weighted by Gasteiger charge is -2.43. The third kappa shape index (κ3) is 5.59. The molecule has 4 nitrogen and oxygen atoms in total.